The normalized spacial score (nSPS) is 18.1. The van der Waals surface area contributed by atoms with Crippen LogP contribution in [0.3, 0.4) is 0 Å². The number of hydrogen-bond acceptors (Lipinski definition) is 5. The number of aliphatic hydroxyl groups is 1. The summed E-state index contributed by atoms with van der Waals surface area (Å²) in [6.45, 7) is 0. The smallest absolute Gasteiger partial charge is 0.300 e. The number of rotatable bonds is 4. The largest absolute Gasteiger partial charge is 0.507 e. The van der Waals surface area contributed by atoms with Crippen LogP contribution in [-0.4, -0.2) is 30.9 Å². The second kappa shape index (κ2) is 7.72. The second-order valence-electron chi connectivity index (χ2n) is 7.10. The maximum absolute atomic E-state index is 13.0. The van der Waals surface area contributed by atoms with E-state index in [0.29, 0.717) is 22.0 Å². The Morgan fingerprint density at radius 2 is 1.70 bits per heavy atom. The van der Waals surface area contributed by atoms with Gasteiger partial charge < -0.3 is 14.4 Å². The molecule has 1 saturated heterocycles. The number of nitrogens with zero attached hydrogens (tertiary/aromatic N) is 2. The van der Waals surface area contributed by atoms with Gasteiger partial charge in [-0.25, -0.2) is 0 Å². The van der Waals surface area contributed by atoms with Gasteiger partial charge in [0.1, 0.15) is 17.6 Å². The van der Waals surface area contributed by atoms with Crippen LogP contribution in [0.1, 0.15) is 17.4 Å². The van der Waals surface area contributed by atoms with Crippen LogP contribution in [0.15, 0.2) is 76.9 Å². The van der Waals surface area contributed by atoms with Crippen LogP contribution >= 0.6 is 11.6 Å². The lowest BCUT2D eigenvalue weighted by Gasteiger charge is -2.24. The van der Waals surface area contributed by atoms with Gasteiger partial charge >= 0.3 is 0 Å². The number of amides is 1. The van der Waals surface area contributed by atoms with Gasteiger partial charge in [0.15, 0.2) is 0 Å². The van der Waals surface area contributed by atoms with E-state index >= 15 is 0 Å². The number of ketones is 1. The summed E-state index contributed by atoms with van der Waals surface area (Å²) < 4.78 is 5.54. The van der Waals surface area contributed by atoms with E-state index in [9.17, 15) is 14.7 Å². The number of hydrogen-bond donors (Lipinski definition) is 1. The van der Waals surface area contributed by atoms with E-state index in [1.165, 1.54) is 11.2 Å². The van der Waals surface area contributed by atoms with Crippen LogP contribution in [0.5, 0.6) is 0 Å². The molecular formula is C23H19ClN2O4. The van der Waals surface area contributed by atoms with Crippen LogP contribution in [0, 0.1) is 0 Å². The lowest BCUT2D eigenvalue weighted by Crippen LogP contribution is -2.29. The highest BCUT2D eigenvalue weighted by Crippen LogP contribution is 2.42. The van der Waals surface area contributed by atoms with Gasteiger partial charge in [-0.15, -0.1) is 0 Å². The van der Waals surface area contributed by atoms with Gasteiger partial charge in [0.25, 0.3) is 11.7 Å². The molecule has 0 radical (unpaired) electrons. The molecule has 6 nitrogen and oxygen atoms in total. The number of benzene rings is 2. The molecule has 1 atom stereocenters. The molecule has 3 aromatic rings. The molecule has 1 aliphatic heterocycles. The highest BCUT2D eigenvalue weighted by Gasteiger charge is 2.48. The van der Waals surface area contributed by atoms with E-state index in [2.05, 4.69) is 0 Å². The molecular weight excluding hydrogens is 404 g/mol. The molecule has 1 N–H and O–H groups in total. The first kappa shape index (κ1) is 19.8. The van der Waals surface area contributed by atoms with Gasteiger partial charge in [0.2, 0.25) is 0 Å². The Bertz CT molecular complexity index is 1120. The van der Waals surface area contributed by atoms with Crippen LogP contribution in [-0.2, 0) is 9.59 Å². The Kier molecular flexibility index (Phi) is 5.10. The number of carbonyl (C=O) groups excluding carboxylic acids is 2. The zero-order chi connectivity index (χ0) is 21.4. The van der Waals surface area contributed by atoms with Gasteiger partial charge in [-0.3, -0.25) is 14.5 Å². The molecule has 0 spiro atoms. The zero-order valence-electron chi connectivity index (χ0n) is 16.4. The Morgan fingerprint density at radius 3 is 2.27 bits per heavy atom. The number of aliphatic hydroxyl groups excluding tert-OH is 1. The maximum atomic E-state index is 13.0. The van der Waals surface area contributed by atoms with Gasteiger partial charge in [-0.1, -0.05) is 11.6 Å². The van der Waals surface area contributed by atoms with Gasteiger partial charge in [0.05, 0.1) is 11.8 Å². The summed E-state index contributed by atoms with van der Waals surface area (Å²) in [5, 5.41) is 11.4. The lowest BCUT2D eigenvalue weighted by atomic mass is 9.99. The van der Waals surface area contributed by atoms with Crippen molar-refractivity contribution in [3.8, 4) is 0 Å². The fourth-order valence-electron chi connectivity index (χ4n) is 3.49. The summed E-state index contributed by atoms with van der Waals surface area (Å²) in [4.78, 5) is 29.2. The van der Waals surface area contributed by atoms with Crippen LogP contribution in [0.25, 0.3) is 5.76 Å². The molecule has 1 aliphatic rings. The summed E-state index contributed by atoms with van der Waals surface area (Å²) in [6, 6.07) is 16.1. The summed E-state index contributed by atoms with van der Waals surface area (Å²) in [7, 11) is 3.83. The highest BCUT2D eigenvalue weighted by molar-refractivity contribution is 6.51. The predicted molar refractivity (Wildman–Crippen MR) is 116 cm³/mol. The molecule has 1 fully saturated rings. The average molecular weight is 423 g/mol. The fourth-order valence-corrected chi connectivity index (χ4v) is 3.62. The molecule has 0 aliphatic carbocycles. The quantitative estimate of drug-likeness (QED) is 0.377. The molecule has 152 valence electrons. The summed E-state index contributed by atoms with van der Waals surface area (Å²) in [5.74, 6) is -1.41. The molecule has 4 rings (SSSR count). The highest BCUT2D eigenvalue weighted by atomic mass is 35.5. The SMILES string of the molecule is CN(C)c1ccc(N2C(=O)C(=O)/C(=C(\O)c3ccc(Cl)cc3)C2c2ccco2)cc1. The maximum Gasteiger partial charge on any atom is 0.300 e. The van der Waals surface area contributed by atoms with Gasteiger partial charge in [-0.2, -0.15) is 0 Å². The minimum absolute atomic E-state index is 0.0334. The van der Waals surface area contributed by atoms with Crippen molar-refractivity contribution in [2.24, 2.45) is 0 Å². The molecule has 2 heterocycles. The van der Waals surface area contributed by atoms with E-state index in [-0.39, 0.29) is 11.3 Å². The van der Waals surface area contributed by atoms with Crippen molar-refractivity contribution in [2.75, 3.05) is 23.9 Å². The first-order valence-electron chi connectivity index (χ1n) is 9.26. The zero-order valence-corrected chi connectivity index (χ0v) is 17.1. The van der Waals surface area contributed by atoms with Gasteiger partial charge in [-0.05, 0) is 60.7 Å². The molecule has 30 heavy (non-hydrogen) atoms. The van der Waals surface area contributed by atoms with E-state index in [4.69, 9.17) is 16.0 Å². The number of Topliss-reactive ketones (excluding diaryl/α,β-unsaturated/α-hetero) is 1. The fraction of sp³-hybridized carbons (Fsp3) is 0.130. The van der Waals surface area contributed by atoms with Crippen molar-refractivity contribution in [1.29, 1.82) is 0 Å². The molecule has 1 amide bonds. The molecule has 0 saturated carbocycles. The Hall–Kier alpha value is -3.51. The molecule has 1 unspecified atom stereocenters. The van der Waals surface area contributed by atoms with Crippen molar-refractivity contribution >= 4 is 40.4 Å². The van der Waals surface area contributed by atoms with Crippen LogP contribution in [0.4, 0.5) is 11.4 Å². The monoisotopic (exact) mass is 422 g/mol. The third-order valence-corrected chi connectivity index (χ3v) is 5.27. The van der Waals surface area contributed by atoms with Crippen LogP contribution in [0.2, 0.25) is 5.02 Å². The van der Waals surface area contributed by atoms with Gasteiger partial charge in [0, 0.05) is 36.1 Å². The minimum Gasteiger partial charge on any atom is -0.507 e. The first-order valence-corrected chi connectivity index (χ1v) is 9.64. The minimum atomic E-state index is -0.888. The summed E-state index contributed by atoms with van der Waals surface area (Å²) in [5.41, 5.74) is 1.83. The number of furan rings is 1. The Labute approximate surface area is 178 Å². The van der Waals surface area contributed by atoms with Crippen molar-refractivity contribution < 1.29 is 19.1 Å². The molecule has 1 aromatic heterocycles. The second-order valence-corrected chi connectivity index (χ2v) is 7.54. The lowest BCUT2D eigenvalue weighted by molar-refractivity contribution is -0.132. The van der Waals surface area contributed by atoms with E-state index in [0.717, 1.165) is 5.69 Å². The number of anilines is 2. The number of halogens is 1. The summed E-state index contributed by atoms with van der Waals surface area (Å²) >= 11 is 5.93. The van der Waals surface area contributed by atoms with E-state index in [1.54, 1.807) is 48.5 Å². The average Bonchev–Trinajstić information content (AvgIpc) is 3.35. The standard InChI is InChI=1S/C23H19ClN2O4/c1-25(2)16-9-11-17(12-10-16)26-20(18-4-3-13-30-18)19(22(28)23(26)29)21(27)14-5-7-15(24)8-6-14/h3-13,20,27H,1-2H3/b21-19-. The van der Waals surface area contributed by atoms with Crippen molar-refractivity contribution in [2.45, 2.75) is 6.04 Å². The van der Waals surface area contributed by atoms with E-state index < -0.39 is 17.7 Å². The Morgan fingerprint density at radius 1 is 1.03 bits per heavy atom. The number of carbonyl (C=O) groups is 2. The molecule has 2 aromatic carbocycles. The molecule has 7 heteroatoms. The van der Waals surface area contributed by atoms with E-state index in [1.807, 2.05) is 31.1 Å². The van der Waals surface area contributed by atoms with Crippen molar-refractivity contribution in [3.05, 3.63) is 88.8 Å². The Balaban J connectivity index is 1.87. The van der Waals surface area contributed by atoms with Crippen molar-refractivity contribution in [3.63, 3.8) is 0 Å². The first-order chi connectivity index (χ1) is 14.4. The third-order valence-electron chi connectivity index (χ3n) is 5.02. The third kappa shape index (κ3) is 3.35. The van der Waals surface area contributed by atoms with Crippen molar-refractivity contribution in [1.82, 2.24) is 0 Å². The van der Waals surface area contributed by atoms with Crippen LogP contribution < -0.4 is 9.80 Å². The predicted octanol–water partition coefficient (Wildman–Crippen LogP) is 4.63. The molecule has 0 bridgehead atoms. The topological polar surface area (TPSA) is 74.0 Å². The summed E-state index contributed by atoms with van der Waals surface area (Å²) in [6.07, 6.45) is 1.47.